The summed E-state index contributed by atoms with van der Waals surface area (Å²) in [6.45, 7) is 1.93. The Morgan fingerprint density at radius 2 is 2.00 bits per heavy atom. The second kappa shape index (κ2) is 8.04. The van der Waals surface area contributed by atoms with Crippen LogP contribution in [0.4, 0.5) is 5.69 Å². The van der Waals surface area contributed by atoms with Gasteiger partial charge >= 0.3 is 0 Å². The Balaban J connectivity index is 1.51. The highest BCUT2D eigenvalue weighted by Crippen LogP contribution is 2.26. The quantitative estimate of drug-likeness (QED) is 0.467. The van der Waals surface area contributed by atoms with E-state index in [2.05, 4.69) is 15.4 Å². The number of fused-ring (bicyclic) bond motifs is 1. The van der Waals surface area contributed by atoms with Crippen molar-refractivity contribution in [3.8, 4) is 11.3 Å². The van der Waals surface area contributed by atoms with Crippen molar-refractivity contribution in [1.82, 2.24) is 14.6 Å². The van der Waals surface area contributed by atoms with E-state index in [1.54, 1.807) is 29.0 Å². The number of anilines is 1. The molecule has 4 aromatic rings. The zero-order valence-corrected chi connectivity index (χ0v) is 16.7. The molecule has 1 amide bonds. The van der Waals surface area contributed by atoms with Gasteiger partial charge in [-0.3, -0.25) is 4.79 Å². The lowest BCUT2D eigenvalue weighted by atomic mass is 10.1. The first-order valence-corrected chi connectivity index (χ1v) is 10.0. The van der Waals surface area contributed by atoms with Crippen LogP contribution in [0, 0.1) is 6.92 Å². The third-order valence-corrected chi connectivity index (χ3v) is 5.47. The predicted molar refractivity (Wildman–Crippen MR) is 114 cm³/mol. The van der Waals surface area contributed by atoms with Gasteiger partial charge in [-0.1, -0.05) is 59.8 Å². The number of nitrogens with one attached hydrogen (secondary N) is 1. The molecule has 0 radical (unpaired) electrons. The number of nitrogens with zero attached hydrogens (tertiary/aromatic N) is 3. The fourth-order valence-corrected chi connectivity index (χ4v) is 3.76. The van der Waals surface area contributed by atoms with Crippen LogP contribution in [0.5, 0.6) is 0 Å². The standard InChI is InChI=1S/C21H17ClN4OS/c1-14-7-8-16(22)11-17(14)24-20(27)13-28-21-19-12-18(15-5-3-2-4-6-15)25-26(19)10-9-23-21/h2-12H,13H2,1H3,(H,24,27). The minimum Gasteiger partial charge on any atom is -0.325 e. The van der Waals surface area contributed by atoms with Crippen LogP contribution < -0.4 is 5.32 Å². The maximum atomic E-state index is 12.4. The molecular formula is C21H17ClN4OS. The maximum absolute atomic E-state index is 12.4. The highest BCUT2D eigenvalue weighted by Gasteiger charge is 2.12. The van der Waals surface area contributed by atoms with E-state index in [1.807, 2.05) is 49.4 Å². The second-order valence-electron chi connectivity index (χ2n) is 6.25. The molecule has 0 unspecified atom stereocenters. The molecule has 140 valence electrons. The van der Waals surface area contributed by atoms with Gasteiger partial charge in [0.15, 0.2) is 0 Å². The molecule has 2 aromatic carbocycles. The monoisotopic (exact) mass is 408 g/mol. The van der Waals surface area contributed by atoms with Crippen molar-refractivity contribution in [1.29, 1.82) is 0 Å². The number of benzene rings is 2. The normalized spacial score (nSPS) is 10.9. The molecule has 0 aliphatic carbocycles. The van der Waals surface area contributed by atoms with Gasteiger partial charge in [-0.15, -0.1) is 0 Å². The molecule has 0 spiro atoms. The number of hydrogen-bond donors (Lipinski definition) is 1. The molecule has 5 nitrogen and oxygen atoms in total. The highest BCUT2D eigenvalue weighted by molar-refractivity contribution is 8.00. The summed E-state index contributed by atoms with van der Waals surface area (Å²) in [5, 5.41) is 8.86. The Bertz CT molecular complexity index is 1140. The van der Waals surface area contributed by atoms with Gasteiger partial charge in [-0.05, 0) is 30.7 Å². The van der Waals surface area contributed by atoms with Crippen LogP contribution in [-0.2, 0) is 4.79 Å². The number of rotatable bonds is 5. The van der Waals surface area contributed by atoms with Crippen molar-refractivity contribution >= 4 is 40.5 Å². The summed E-state index contributed by atoms with van der Waals surface area (Å²) in [7, 11) is 0. The van der Waals surface area contributed by atoms with E-state index in [9.17, 15) is 4.79 Å². The summed E-state index contributed by atoms with van der Waals surface area (Å²) >= 11 is 7.39. The van der Waals surface area contributed by atoms with E-state index in [-0.39, 0.29) is 11.7 Å². The molecule has 0 saturated heterocycles. The average Bonchev–Trinajstić information content (AvgIpc) is 3.15. The van der Waals surface area contributed by atoms with Gasteiger partial charge in [0.1, 0.15) is 5.03 Å². The Morgan fingerprint density at radius 1 is 1.18 bits per heavy atom. The van der Waals surface area contributed by atoms with E-state index in [1.165, 1.54) is 11.8 Å². The van der Waals surface area contributed by atoms with Crippen molar-refractivity contribution < 1.29 is 4.79 Å². The third kappa shape index (κ3) is 4.03. The van der Waals surface area contributed by atoms with Gasteiger partial charge in [0.25, 0.3) is 0 Å². The van der Waals surface area contributed by atoms with Gasteiger partial charge in [0.2, 0.25) is 5.91 Å². The number of thioether (sulfide) groups is 1. The number of amides is 1. The molecule has 0 fully saturated rings. The summed E-state index contributed by atoms with van der Waals surface area (Å²) < 4.78 is 1.79. The minimum atomic E-state index is -0.109. The van der Waals surface area contributed by atoms with Crippen LogP contribution in [0.3, 0.4) is 0 Å². The summed E-state index contributed by atoms with van der Waals surface area (Å²) in [5.41, 5.74) is 4.47. The van der Waals surface area contributed by atoms with E-state index >= 15 is 0 Å². The number of carbonyl (C=O) groups excluding carboxylic acids is 1. The number of halogens is 1. The molecule has 0 aliphatic rings. The van der Waals surface area contributed by atoms with Crippen LogP contribution in [0.2, 0.25) is 5.02 Å². The number of aryl methyl sites for hydroxylation is 1. The first-order valence-electron chi connectivity index (χ1n) is 8.69. The second-order valence-corrected chi connectivity index (χ2v) is 7.65. The molecule has 4 rings (SSSR count). The van der Waals surface area contributed by atoms with Crippen molar-refractivity contribution in [3.05, 3.63) is 77.6 Å². The van der Waals surface area contributed by atoms with Crippen LogP contribution in [-0.4, -0.2) is 26.3 Å². The van der Waals surface area contributed by atoms with Crippen LogP contribution >= 0.6 is 23.4 Å². The Labute approximate surface area is 171 Å². The minimum absolute atomic E-state index is 0.109. The fraction of sp³-hybridized carbons (Fsp3) is 0.0952. The number of aromatic nitrogens is 3. The van der Waals surface area contributed by atoms with E-state index in [0.29, 0.717) is 5.02 Å². The van der Waals surface area contributed by atoms with Gasteiger partial charge < -0.3 is 5.32 Å². The number of carbonyl (C=O) groups is 1. The molecule has 1 N–H and O–H groups in total. The topological polar surface area (TPSA) is 59.3 Å². The molecular weight excluding hydrogens is 392 g/mol. The van der Waals surface area contributed by atoms with Crippen LogP contribution in [0.1, 0.15) is 5.56 Å². The van der Waals surface area contributed by atoms with Crippen molar-refractivity contribution in [2.24, 2.45) is 0 Å². The predicted octanol–water partition coefficient (Wildman–Crippen LogP) is 5.09. The molecule has 0 aliphatic heterocycles. The van der Waals surface area contributed by atoms with E-state index in [0.717, 1.165) is 33.1 Å². The smallest absolute Gasteiger partial charge is 0.234 e. The largest absolute Gasteiger partial charge is 0.325 e. The van der Waals surface area contributed by atoms with E-state index in [4.69, 9.17) is 11.6 Å². The van der Waals surface area contributed by atoms with Crippen molar-refractivity contribution in [2.45, 2.75) is 11.9 Å². The van der Waals surface area contributed by atoms with Gasteiger partial charge in [-0.2, -0.15) is 5.10 Å². The first-order chi connectivity index (χ1) is 13.6. The van der Waals surface area contributed by atoms with Crippen molar-refractivity contribution in [2.75, 3.05) is 11.1 Å². The summed E-state index contributed by atoms with van der Waals surface area (Å²) in [4.78, 5) is 16.8. The average molecular weight is 409 g/mol. The zero-order valence-electron chi connectivity index (χ0n) is 15.1. The van der Waals surface area contributed by atoms with Crippen LogP contribution in [0.25, 0.3) is 16.8 Å². The molecule has 0 atom stereocenters. The lowest BCUT2D eigenvalue weighted by Gasteiger charge is -2.08. The fourth-order valence-electron chi connectivity index (χ4n) is 2.81. The van der Waals surface area contributed by atoms with Gasteiger partial charge in [0.05, 0.1) is 17.0 Å². The zero-order chi connectivity index (χ0) is 19.5. The van der Waals surface area contributed by atoms with E-state index < -0.39 is 0 Å². The Kier molecular flexibility index (Phi) is 5.32. The maximum Gasteiger partial charge on any atom is 0.234 e. The molecule has 7 heteroatoms. The summed E-state index contributed by atoms with van der Waals surface area (Å²) in [6, 6.07) is 17.4. The molecule has 0 saturated carbocycles. The summed E-state index contributed by atoms with van der Waals surface area (Å²) in [5.74, 6) is 0.131. The summed E-state index contributed by atoms with van der Waals surface area (Å²) in [6.07, 6.45) is 3.50. The van der Waals surface area contributed by atoms with Gasteiger partial charge in [0, 0.05) is 28.7 Å². The van der Waals surface area contributed by atoms with Crippen molar-refractivity contribution in [3.63, 3.8) is 0 Å². The van der Waals surface area contributed by atoms with Crippen LogP contribution in [0.15, 0.2) is 72.0 Å². The first kappa shape index (κ1) is 18.5. The lowest BCUT2D eigenvalue weighted by Crippen LogP contribution is -2.15. The third-order valence-electron chi connectivity index (χ3n) is 4.24. The SMILES string of the molecule is Cc1ccc(Cl)cc1NC(=O)CSc1nccn2nc(-c3ccccc3)cc12. The highest BCUT2D eigenvalue weighted by atomic mass is 35.5. The molecule has 2 heterocycles. The van der Waals surface area contributed by atoms with Gasteiger partial charge in [-0.25, -0.2) is 9.50 Å². The Morgan fingerprint density at radius 3 is 2.82 bits per heavy atom. The number of hydrogen-bond acceptors (Lipinski definition) is 4. The lowest BCUT2D eigenvalue weighted by molar-refractivity contribution is -0.113. The Hall–Kier alpha value is -2.83. The molecule has 2 aromatic heterocycles. The molecule has 28 heavy (non-hydrogen) atoms. The molecule has 0 bridgehead atoms.